The molecule has 0 heterocycles. The van der Waals surface area contributed by atoms with Crippen molar-refractivity contribution in [2.45, 2.75) is 31.6 Å². The van der Waals surface area contributed by atoms with Gasteiger partial charge in [0.25, 0.3) is 5.92 Å². The van der Waals surface area contributed by atoms with E-state index in [4.69, 9.17) is 4.74 Å². The molecular weight excluding hydrogens is 374 g/mol. The molecule has 0 aliphatic heterocycles. The van der Waals surface area contributed by atoms with Gasteiger partial charge in [-0.15, -0.1) is 0 Å². The quantitative estimate of drug-likeness (QED) is 0.470. The molecule has 0 saturated heterocycles. The van der Waals surface area contributed by atoms with Crippen molar-refractivity contribution in [2.24, 2.45) is 0 Å². The average molecular weight is 392 g/mol. The average Bonchev–Trinajstić information content (AvgIpc) is 2.63. The standard InChI is InChI=1S/C19H18F6O2/c1-5-19(18(2,24)25,10-6-8-11(26-3)9-7-10)12-13(20)15(22)17(27-4)16(23)14(12)21/h6-9H,5H2,1-4H3. The van der Waals surface area contributed by atoms with Crippen LogP contribution >= 0.6 is 0 Å². The Bertz CT molecular complexity index is 801. The monoisotopic (exact) mass is 392 g/mol. The number of hydrogen-bond donors (Lipinski definition) is 0. The molecule has 0 amide bonds. The summed E-state index contributed by atoms with van der Waals surface area (Å²) in [5.41, 5.74) is -4.28. The number of alkyl halides is 2. The molecule has 0 saturated carbocycles. The van der Waals surface area contributed by atoms with Crippen LogP contribution in [-0.2, 0) is 5.41 Å². The van der Waals surface area contributed by atoms with E-state index in [1.54, 1.807) is 0 Å². The van der Waals surface area contributed by atoms with Gasteiger partial charge >= 0.3 is 0 Å². The summed E-state index contributed by atoms with van der Waals surface area (Å²) in [6.45, 7) is 1.69. The highest BCUT2D eigenvalue weighted by Gasteiger charge is 2.55. The summed E-state index contributed by atoms with van der Waals surface area (Å²) in [5, 5.41) is 0. The Morgan fingerprint density at radius 1 is 0.815 bits per heavy atom. The van der Waals surface area contributed by atoms with E-state index in [9.17, 15) is 26.3 Å². The van der Waals surface area contributed by atoms with Crippen molar-refractivity contribution in [2.75, 3.05) is 14.2 Å². The molecule has 8 heteroatoms. The lowest BCUT2D eigenvalue weighted by Gasteiger charge is -2.39. The van der Waals surface area contributed by atoms with E-state index in [1.165, 1.54) is 38.3 Å². The highest BCUT2D eigenvalue weighted by atomic mass is 19.3. The maximum Gasteiger partial charge on any atom is 0.259 e. The third-order valence-electron chi connectivity index (χ3n) is 4.72. The van der Waals surface area contributed by atoms with Crippen LogP contribution in [0.4, 0.5) is 26.3 Å². The maximum absolute atomic E-state index is 14.8. The second kappa shape index (κ2) is 7.32. The van der Waals surface area contributed by atoms with Gasteiger partial charge in [0, 0.05) is 12.5 Å². The molecule has 0 radical (unpaired) electrons. The summed E-state index contributed by atoms with van der Waals surface area (Å²) in [4.78, 5) is 0. The molecule has 0 aliphatic rings. The Morgan fingerprint density at radius 2 is 1.30 bits per heavy atom. The fourth-order valence-electron chi connectivity index (χ4n) is 3.35. The second-order valence-corrected chi connectivity index (χ2v) is 6.04. The van der Waals surface area contributed by atoms with Crippen molar-refractivity contribution in [1.29, 1.82) is 0 Å². The Labute approximate surface area is 152 Å². The van der Waals surface area contributed by atoms with Crippen molar-refractivity contribution in [3.8, 4) is 11.5 Å². The molecule has 0 spiro atoms. The summed E-state index contributed by atoms with van der Waals surface area (Å²) in [5.74, 6) is -12.4. The van der Waals surface area contributed by atoms with Gasteiger partial charge in [-0.1, -0.05) is 19.1 Å². The minimum absolute atomic E-state index is 0.222. The Hall–Kier alpha value is -2.38. The molecule has 0 N–H and O–H groups in total. The summed E-state index contributed by atoms with van der Waals surface area (Å²) in [6, 6.07) is 4.99. The van der Waals surface area contributed by atoms with Crippen molar-refractivity contribution in [3.05, 3.63) is 58.7 Å². The highest BCUT2D eigenvalue weighted by Crippen LogP contribution is 2.51. The zero-order chi connectivity index (χ0) is 20.6. The first-order valence-corrected chi connectivity index (χ1v) is 7.99. The maximum atomic E-state index is 14.8. The SMILES string of the molecule is CCC(c1ccc(OC)cc1)(c1c(F)c(F)c(OC)c(F)c1F)C(C)(F)F. The molecule has 1 atom stereocenters. The van der Waals surface area contributed by atoms with Crippen LogP contribution in [0.3, 0.4) is 0 Å². The van der Waals surface area contributed by atoms with Crippen LogP contribution in [-0.4, -0.2) is 20.1 Å². The summed E-state index contributed by atoms with van der Waals surface area (Å²) in [6.07, 6.45) is -0.540. The van der Waals surface area contributed by atoms with E-state index >= 15 is 0 Å². The molecule has 2 aromatic carbocycles. The minimum atomic E-state index is -3.77. The van der Waals surface area contributed by atoms with Crippen molar-refractivity contribution >= 4 is 0 Å². The largest absolute Gasteiger partial charge is 0.497 e. The molecule has 2 nitrogen and oxygen atoms in total. The van der Waals surface area contributed by atoms with E-state index in [1.807, 2.05) is 0 Å². The van der Waals surface area contributed by atoms with Crippen molar-refractivity contribution in [3.63, 3.8) is 0 Å². The molecule has 0 fully saturated rings. The van der Waals surface area contributed by atoms with Crippen LogP contribution in [0, 0.1) is 23.3 Å². The normalized spacial score (nSPS) is 14.0. The molecular formula is C19H18F6O2. The molecule has 2 aromatic rings. The van der Waals surface area contributed by atoms with Gasteiger partial charge in [-0.3, -0.25) is 0 Å². The molecule has 0 aromatic heterocycles. The lowest BCUT2D eigenvalue weighted by molar-refractivity contribution is -0.0495. The number of rotatable bonds is 6. The van der Waals surface area contributed by atoms with Gasteiger partial charge in [-0.2, -0.15) is 8.78 Å². The third kappa shape index (κ3) is 3.11. The van der Waals surface area contributed by atoms with Crippen LogP contribution in [0.15, 0.2) is 24.3 Å². The predicted octanol–water partition coefficient (Wildman–Crippen LogP) is 5.61. The first kappa shape index (κ1) is 20.9. The van der Waals surface area contributed by atoms with Crippen molar-refractivity contribution < 1.29 is 35.8 Å². The van der Waals surface area contributed by atoms with Gasteiger partial charge in [0.05, 0.1) is 19.6 Å². The second-order valence-electron chi connectivity index (χ2n) is 6.04. The smallest absolute Gasteiger partial charge is 0.259 e. The first-order valence-electron chi connectivity index (χ1n) is 7.99. The Kier molecular flexibility index (Phi) is 5.68. The molecule has 0 bridgehead atoms. The van der Waals surface area contributed by atoms with Crippen LogP contribution < -0.4 is 9.47 Å². The molecule has 27 heavy (non-hydrogen) atoms. The molecule has 0 aliphatic carbocycles. The van der Waals surface area contributed by atoms with E-state index in [0.717, 1.165) is 7.11 Å². The van der Waals surface area contributed by atoms with E-state index in [0.29, 0.717) is 12.7 Å². The first-order chi connectivity index (χ1) is 12.6. The molecule has 2 rings (SSSR count). The summed E-state index contributed by atoms with van der Waals surface area (Å²) >= 11 is 0. The lowest BCUT2D eigenvalue weighted by atomic mass is 9.67. The number of ether oxygens (including phenoxy) is 2. The van der Waals surface area contributed by atoms with Gasteiger partial charge in [-0.25, -0.2) is 17.6 Å². The third-order valence-corrected chi connectivity index (χ3v) is 4.72. The van der Waals surface area contributed by atoms with Gasteiger partial charge in [0.2, 0.25) is 11.6 Å². The van der Waals surface area contributed by atoms with Crippen LogP contribution in [0.1, 0.15) is 31.4 Å². The minimum Gasteiger partial charge on any atom is -0.497 e. The van der Waals surface area contributed by atoms with E-state index in [2.05, 4.69) is 4.74 Å². The molecule has 1 unspecified atom stereocenters. The Balaban J connectivity index is 2.96. The molecule has 148 valence electrons. The van der Waals surface area contributed by atoms with Crippen LogP contribution in [0.2, 0.25) is 0 Å². The number of methoxy groups -OCH3 is 2. The summed E-state index contributed by atoms with van der Waals surface area (Å²) in [7, 11) is 2.16. The Morgan fingerprint density at radius 3 is 1.63 bits per heavy atom. The lowest BCUT2D eigenvalue weighted by Crippen LogP contribution is -2.45. The van der Waals surface area contributed by atoms with E-state index in [-0.39, 0.29) is 5.56 Å². The summed E-state index contributed by atoms with van der Waals surface area (Å²) < 4.78 is 96.7. The number of halogens is 6. The zero-order valence-corrected chi connectivity index (χ0v) is 15.1. The van der Waals surface area contributed by atoms with Gasteiger partial charge in [-0.05, 0) is 24.1 Å². The van der Waals surface area contributed by atoms with Crippen LogP contribution in [0.25, 0.3) is 0 Å². The zero-order valence-electron chi connectivity index (χ0n) is 15.1. The van der Waals surface area contributed by atoms with Crippen LogP contribution in [0.5, 0.6) is 11.5 Å². The topological polar surface area (TPSA) is 18.5 Å². The van der Waals surface area contributed by atoms with Gasteiger partial charge in [0.1, 0.15) is 5.75 Å². The van der Waals surface area contributed by atoms with Gasteiger partial charge in [0.15, 0.2) is 17.4 Å². The number of hydrogen-bond acceptors (Lipinski definition) is 2. The highest BCUT2D eigenvalue weighted by molar-refractivity contribution is 5.48. The fraction of sp³-hybridized carbons (Fsp3) is 0.368. The van der Waals surface area contributed by atoms with Gasteiger partial charge < -0.3 is 9.47 Å². The van der Waals surface area contributed by atoms with Crippen molar-refractivity contribution in [1.82, 2.24) is 0 Å². The predicted molar refractivity (Wildman–Crippen MR) is 87.5 cm³/mol. The van der Waals surface area contributed by atoms with E-state index < -0.39 is 52.3 Å². The number of benzene rings is 2. The fourth-order valence-corrected chi connectivity index (χ4v) is 3.35.